The van der Waals surface area contributed by atoms with Crippen LogP contribution in [0.2, 0.25) is 0 Å². The van der Waals surface area contributed by atoms with Crippen molar-refractivity contribution in [2.45, 2.75) is 37.3 Å². The third-order valence-corrected chi connectivity index (χ3v) is 4.92. The highest BCUT2D eigenvalue weighted by Crippen LogP contribution is 2.31. The SMILES string of the molecule is CCOc1ccc(C(CN)N2CC(C)SC(C)C2)cc1. The maximum Gasteiger partial charge on any atom is 0.119 e. The molecule has 20 heavy (non-hydrogen) atoms. The zero-order chi connectivity index (χ0) is 14.5. The van der Waals surface area contributed by atoms with Crippen molar-refractivity contribution in [3.63, 3.8) is 0 Å². The number of thioether (sulfide) groups is 1. The number of ether oxygens (including phenoxy) is 1. The predicted octanol–water partition coefficient (Wildman–Crippen LogP) is 2.91. The monoisotopic (exact) mass is 294 g/mol. The van der Waals surface area contributed by atoms with Crippen LogP contribution < -0.4 is 10.5 Å². The molecule has 4 heteroatoms. The normalized spacial score (nSPS) is 25.4. The van der Waals surface area contributed by atoms with Crippen LogP contribution in [0.1, 0.15) is 32.4 Å². The lowest BCUT2D eigenvalue weighted by Gasteiger charge is -2.39. The largest absolute Gasteiger partial charge is 0.494 e. The number of hydrogen-bond donors (Lipinski definition) is 1. The molecule has 1 aromatic rings. The average molecular weight is 294 g/mol. The van der Waals surface area contributed by atoms with Gasteiger partial charge in [-0.1, -0.05) is 26.0 Å². The van der Waals surface area contributed by atoms with Gasteiger partial charge in [0, 0.05) is 36.2 Å². The molecule has 0 amide bonds. The summed E-state index contributed by atoms with van der Waals surface area (Å²) in [5.74, 6) is 0.933. The van der Waals surface area contributed by atoms with Crippen LogP contribution in [-0.4, -0.2) is 41.6 Å². The first kappa shape index (κ1) is 15.7. The van der Waals surface area contributed by atoms with E-state index >= 15 is 0 Å². The molecule has 1 heterocycles. The van der Waals surface area contributed by atoms with Gasteiger partial charge in [0.15, 0.2) is 0 Å². The van der Waals surface area contributed by atoms with Crippen LogP contribution in [0.25, 0.3) is 0 Å². The second-order valence-electron chi connectivity index (χ2n) is 5.46. The van der Waals surface area contributed by atoms with Gasteiger partial charge in [-0.05, 0) is 24.6 Å². The van der Waals surface area contributed by atoms with Crippen LogP contribution in [-0.2, 0) is 0 Å². The second kappa shape index (κ2) is 7.34. The Morgan fingerprint density at radius 2 is 1.85 bits per heavy atom. The fourth-order valence-corrected chi connectivity index (χ4v) is 4.27. The summed E-state index contributed by atoms with van der Waals surface area (Å²) in [5, 5.41) is 1.35. The van der Waals surface area contributed by atoms with E-state index in [4.69, 9.17) is 10.5 Å². The molecule has 0 spiro atoms. The van der Waals surface area contributed by atoms with E-state index in [1.165, 1.54) is 5.56 Å². The summed E-state index contributed by atoms with van der Waals surface area (Å²) in [4.78, 5) is 2.53. The summed E-state index contributed by atoms with van der Waals surface area (Å²) in [7, 11) is 0. The van der Waals surface area contributed by atoms with Crippen molar-refractivity contribution in [1.29, 1.82) is 0 Å². The van der Waals surface area contributed by atoms with E-state index in [1.54, 1.807) is 0 Å². The summed E-state index contributed by atoms with van der Waals surface area (Å²) in [6.07, 6.45) is 0. The Hall–Kier alpha value is -0.710. The Bertz CT molecular complexity index is 399. The molecular weight excluding hydrogens is 268 g/mol. The number of benzene rings is 1. The standard InChI is InChI=1S/C16H26N2OS/c1-4-19-15-7-5-14(6-8-15)16(9-17)18-10-12(2)20-13(3)11-18/h5-8,12-13,16H,4,9-11,17H2,1-3H3. The molecule has 3 nitrogen and oxygen atoms in total. The average Bonchev–Trinajstić information content (AvgIpc) is 2.41. The van der Waals surface area contributed by atoms with Gasteiger partial charge in [0.2, 0.25) is 0 Å². The first-order valence-electron chi connectivity index (χ1n) is 7.46. The Morgan fingerprint density at radius 1 is 1.25 bits per heavy atom. The zero-order valence-corrected chi connectivity index (χ0v) is 13.5. The molecule has 1 aromatic carbocycles. The molecule has 1 fully saturated rings. The van der Waals surface area contributed by atoms with Crippen molar-refractivity contribution in [3.05, 3.63) is 29.8 Å². The first-order valence-corrected chi connectivity index (χ1v) is 8.40. The molecule has 1 aliphatic rings. The molecule has 1 aliphatic heterocycles. The Balaban J connectivity index is 2.10. The van der Waals surface area contributed by atoms with E-state index in [2.05, 4.69) is 42.6 Å². The Morgan fingerprint density at radius 3 is 2.35 bits per heavy atom. The minimum atomic E-state index is 0.316. The van der Waals surface area contributed by atoms with Gasteiger partial charge in [-0.15, -0.1) is 0 Å². The minimum Gasteiger partial charge on any atom is -0.494 e. The predicted molar refractivity (Wildman–Crippen MR) is 87.5 cm³/mol. The van der Waals surface area contributed by atoms with Crippen LogP contribution in [0.4, 0.5) is 0 Å². The maximum absolute atomic E-state index is 6.04. The highest BCUT2D eigenvalue weighted by atomic mass is 32.2. The van der Waals surface area contributed by atoms with Crippen LogP contribution in [0.5, 0.6) is 5.75 Å². The number of nitrogens with two attached hydrogens (primary N) is 1. The summed E-state index contributed by atoms with van der Waals surface area (Å²) >= 11 is 2.07. The molecule has 3 unspecified atom stereocenters. The third kappa shape index (κ3) is 3.90. The highest BCUT2D eigenvalue weighted by Gasteiger charge is 2.27. The lowest BCUT2D eigenvalue weighted by molar-refractivity contribution is 0.199. The van der Waals surface area contributed by atoms with Crippen molar-refractivity contribution >= 4 is 11.8 Å². The topological polar surface area (TPSA) is 38.5 Å². The van der Waals surface area contributed by atoms with Crippen molar-refractivity contribution in [2.24, 2.45) is 5.73 Å². The summed E-state index contributed by atoms with van der Waals surface area (Å²) in [6.45, 7) is 10.2. The Kier molecular flexibility index (Phi) is 5.75. The smallest absolute Gasteiger partial charge is 0.119 e. The fourth-order valence-electron chi connectivity index (χ4n) is 2.92. The van der Waals surface area contributed by atoms with Gasteiger partial charge in [-0.2, -0.15) is 11.8 Å². The zero-order valence-electron chi connectivity index (χ0n) is 12.7. The van der Waals surface area contributed by atoms with Crippen LogP contribution >= 0.6 is 11.8 Å². The maximum atomic E-state index is 6.04. The van der Waals surface area contributed by atoms with Crippen LogP contribution in [0.15, 0.2) is 24.3 Å². The Labute approximate surface area is 126 Å². The molecule has 3 atom stereocenters. The van der Waals surface area contributed by atoms with Gasteiger partial charge < -0.3 is 10.5 Å². The van der Waals surface area contributed by atoms with Gasteiger partial charge in [-0.3, -0.25) is 4.90 Å². The lowest BCUT2D eigenvalue weighted by atomic mass is 10.0. The van der Waals surface area contributed by atoms with E-state index in [0.29, 0.717) is 29.7 Å². The lowest BCUT2D eigenvalue weighted by Crippen LogP contribution is -2.44. The quantitative estimate of drug-likeness (QED) is 0.906. The van der Waals surface area contributed by atoms with Crippen molar-refractivity contribution in [3.8, 4) is 5.75 Å². The van der Waals surface area contributed by atoms with E-state index < -0.39 is 0 Å². The fraction of sp³-hybridized carbons (Fsp3) is 0.625. The van der Waals surface area contributed by atoms with Crippen molar-refractivity contribution < 1.29 is 4.74 Å². The molecular formula is C16H26N2OS. The minimum absolute atomic E-state index is 0.316. The second-order valence-corrected chi connectivity index (χ2v) is 7.35. The number of rotatable bonds is 5. The van der Waals surface area contributed by atoms with Gasteiger partial charge in [0.25, 0.3) is 0 Å². The van der Waals surface area contributed by atoms with Gasteiger partial charge in [0.05, 0.1) is 6.61 Å². The van der Waals surface area contributed by atoms with Gasteiger partial charge in [0.1, 0.15) is 5.75 Å². The highest BCUT2D eigenvalue weighted by molar-refractivity contribution is 8.00. The molecule has 2 N–H and O–H groups in total. The summed E-state index contributed by atoms with van der Waals surface area (Å²) < 4.78 is 5.51. The van der Waals surface area contributed by atoms with E-state index in [-0.39, 0.29) is 0 Å². The van der Waals surface area contributed by atoms with E-state index in [9.17, 15) is 0 Å². The molecule has 0 aliphatic carbocycles. The molecule has 0 bridgehead atoms. The summed E-state index contributed by atoms with van der Waals surface area (Å²) in [5.41, 5.74) is 7.34. The molecule has 0 radical (unpaired) electrons. The number of nitrogens with zero attached hydrogens (tertiary/aromatic N) is 1. The first-order chi connectivity index (χ1) is 9.63. The van der Waals surface area contributed by atoms with Gasteiger partial charge in [-0.25, -0.2) is 0 Å². The molecule has 112 valence electrons. The van der Waals surface area contributed by atoms with E-state index in [0.717, 1.165) is 18.8 Å². The third-order valence-electron chi connectivity index (χ3n) is 3.69. The molecule has 1 saturated heterocycles. The number of hydrogen-bond acceptors (Lipinski definition) is 4. The van der Waals surface area contributed by atoms with Crippen LogP contribution in [0, 0.1) is 0 Å². The van der Waals surface area contributed by atoms with Crippen molar-refractivity contribution in [2.75, 3.05) is 26.2 Å². The van der Waals surface area contributed by atoms with E-state index in [1.807, 2.05) is 19.1 Å². The summed E-state index contributed by atoms with van der Waals surface area (Å²) in [6, 6.07) is 8.72. The molecule has 2 rings (SSSR count). The van der Waals surface area contributed by atoms with Crippen LogP contribution in [0.3, 0.4) is 0 Å². The van der Waals surface area contributed by atoms with Crippen molar-refractivity contribution in [1.82, 2.24) is 4.90 Å². The molecule has 0 saturated carbocycles. The van der Waals surface area contributed by atoms with Gasteiger partial charge >= 0.3 is 0 Å². The molecule has 0 aromatic heterocycles.